The maximum Gasteiger partial charge on any atom is 0.277 e. The van der Waals surface area contributed by atoms with Gasteiger partial charge >= 0.3 is 0 Å². The summed E-state index contributed by atoms with van der Waals surface area (Å²) in [5, 5.41) is 16.9. The summed E-state index contributed by atoms with van der Waals surface area (Å²) < 4.78 is 11.3. The molecule has 0 bridgehead atoms. The zero-order chi connectivity index (χ0) is 16.4. The van der Waals surface area contributed by atoms with Gasteiger partial charge in [0.2, 0.25) is 17.7 Å². The molecule has 4 rings (SSSR count). The van der Waals surface area contributed by atoms with Crippen LogP contribution in [-0.2, 0) is 12.2 Å². The zero-order valence-electron chi connectivity index (χ0n) is 13.4. The number of nitrogens with zero attached hydrogens (tertiary/aromatic N) is 4. The molecule has 24 heavy (non-hydrogen) atoms. The summed E-state index contributed by atoms with van der Waals surface area (Å²) >= 11 is 1.43. The minimum absolute atomic E-state index is 0.335. The highest BCUT2D eigenvalue weighted by Crippen LogP contribution is 2.39. The van der Waals surface area contributed by atoms with Gasteiger partial charge in [-0.2, -0.15) is 0 Å². The van der Waals surface area contributed by atoms with E-state index >= 15 is 0 Å². The van der Waals surface area contributed by atoms with Crippen molar-refractivity contribution < 1.29 is 8.83 Å². The molecule has 0 radical (unpaired) electrons. The second-order valence-corrected chi connectivity index (χ2v) is 7.00. The molecule has 6 nitrogen and oxygen atoms in total. The highest BCUT2D eigenvalue weighted by molar-refractivity contribution is 7.98. The van der Waals surface area contributed by atoms with Gasteiger partial charge in [0, 0.05) is 12.3 Å². The van der Waals surface area contributed by atoms with Crippen molar-refractivity contribution >= 4 is 11.8 Å². The molecule has 0 N–H and O–H groups in total. The van der Waals surface area contributed by atoms with Gasteiger partial charge in [-0.15, -0.1) is 20.4 Å². The van der Waals surface area contributed by atoms with Crippen molar-refractivity contribution in [1.82, 2.24) is 20.4 Å². The molecule has 1 unspecified atom stereocenters. The fourth-order valence-electron chi connectivity index (χ4n) is 2.48. The summed E-state index contributed by atoms with van der Waals surface area (Å²) in [7, 11) is 0. The monoisotopic (exact) mass is 342 g/mol. The molecule has 1 fully saturated rings. The number of aromatic nitrogens is 4. The van der Waals surface area contributed by atoms with E-state index in [4.69, 9.17) is 8.83 Å². The second-order valence-electron chi connectivity index (χ2n) is 6.07. The van der Waals surface area contributed by atoms with E-state index in [0.29, 0.717) is 34.6 Å². The fourth-order valence-corrected chi connectivity index (χ4v) is 3.10. The lowest BCUT2D eigenvalue weighted by molar-refractivity contribution is 0.403. The van der Waals surface area contributed by atoms with Gasteiger partial charge in [-0.3, -0.25) is 0 Å². The third kappa shape index (κ3) is 3.67. The molecule has 0 spiro atoms. The van der Waals surface area contributed by atoms with E-state index in [9.17, 15) is 0 Å². The summed E-state index contributed by atoms with van der Waals surface area (Å²) in [4.78, 5) is 0. The Kier molecular flexibility index (Phi) is 4.34. The predicted molar refractivity (Wildman–Crippen MR) is 88.7 cm³/mol. The lowest BCUT2D eigenvalue weighted by Crippen LogP contribution is -1.98. The number of hydrogen-bond acceptors (Lipinski definition) is 7. The van der Waals surface area contributed by atoms with Crippen molar-refractivity contribution in [2.75, 3.05) is 0 Å². The van der Waals surface area contributed by atoms with Gasteiger partial charge in [0.1, 0.15) is 0 Å². The van der Waals surface area contributed by atoms with Crippen molar-refractivity contribution in [3.63, 3.8) is 0 Å². The van der Waals surface area contributed by atoms with Gasteiger partial charge in [-0.25, -0.2) is 0 Å². The topological polar surface area (TPSA) is 77.8 Å². The molecule has 1 aromatic carbocycles. The van der Waals surface area contributed by atoms with Crippen molar-refractivity contribution in [2.24, 2.45) is 0 Å². The number of benzene rings is 1. The first-order chi connectivity index (χ1) is 11.8. The maximum absolute atomic E-state index is 5.72. The first kappa shape index (κ1) is 15.4. The molecule has 124 valence electrons. The van der Waals surface area contributed by atoms with Gasteiger partial charge in [-0.05, 0) is 24.3 Å². The van der Waals surface area contributed by atoms with Crippen LogP contribution in [0.1, 0.15) is 54.8 Å². The van der Waals surface area contributed by atoms with Crippen LogP contribution in [-0.4, -0.2) is 20.4 Å². The number of hydrogen-bond donors (Lipinski definition) is 0. The fraction of sp³-hybridized carbons (Fsp3) is 0.412. The lowest BCUT2D eigenvalue weighted by atomic mass is 9.98. The molecule has 0 amide bonds. The molecule has 3 aromatic rings. The van der Waals surface area contributed by atoms with E-state index in [1.165, 1.54) is 17.3 Å². The summed E-state index contributed by atoms with van der Waals surface area (Å²) in [5.41, 5.74) is 1.27. The second kappa shape index (κ2) is 6.76. The van der Waals surface area contributed by atoms with E-state index in [-0.39, 0.29) is 0 Å². The minimum Gasteiger partial charge on any atom is -0.424 e. The van der Waals surface area contributed by atoms with Crippen LogP contribution in [0, 0.1) is 0 Å². The smallest absolute Gasteiger partial charge is 0.277 e. The van der Waals surface area contributed by atoms with Crippen molar-refractivity contribution in [3.8, 4) is 0 Å². The Labute approximate surface area is 144 Å². The van der Waals surface area contributed by atoms with E-state index in [1.54, 1.807) is 0 Å². The Balaban J connectivity index is 1.32. The molecule has 1 saturated carbocycles. The van der Waals surface area contributed by atoms with Crippen LogP contribution in [0.4, 0.5) is 0 Å². The van der Waals surface area contributed by atoms with E-state index in [0.717, 1.165) is 25.2 Å². The first-order valence-corrected chi connectivity index (χ1v) is 9.09. The summed E-state index contributed by atoms with van der Waals surface area (Å²) in [6.45, 7) is 2.16. The largest absolute Gasteiger partial charge is 0.424 e. The van der Waals surface area contributed by atoms with Gasteiger partial charge in [-0.1, -0.05) is 49.0 Å². The third-order valence-electron chi connectivity index (χ3n) is 4.03. The van der Waals surface area contributed by atoms with E-state index in [2.05, 4.69) is 39.5 Å². The van der Waals surface area contributed by atoms with Crippen LogP contribution in [0.5, 0.6) is 0 Å². The summed E-state index contributed by atoms with van der Waals surface area (Å²) in [6, 6.07) is 10.3. The van der Waals surface area contributed by atoms with Crippen LogP contribution >= 0.6 is 11.8 Å². The Bertz CT molecular complexity index is 798. The SMILES string of the molecule is CC(Cc1nnc(SCc2nnc(C3CC3)o2)o1)c1ccccc1. The molecule has 2 aromatic heterocycles. The average molecular weight is 342 g/mol. The Morgan fingerprint density at radius 1 is 1.04 bits per heavy atom. The van der Waals surface area contributed by atoms with E-state index < -0.39 is 0 Å². The van der Waals surface area contributed by atoms with Crippen molar-refractivity contribution in [3.05, 3.63) is 53.6 Å². The standard InChI is InChI=1S/C17H18N4O2S/c1-11(12-5-3-2-4-6-12)9-14-18-21-17(23-14)24-10-15-19-20-16(22-15)13-7-8-13/h2-6,11,13H,7-10H2,1H3. The highest BCUT2D eigenvalue weighted by Gasteiger charge is 2.29. The lowest BCUT2D eigenvalue weighted by Gasteiger charge is -2.08. The molecule has 1 atom stereocenters. The molecule has 1 aliphatic rings. The maximum atomic E-state index is 5.72. The third-order valence-corrected chi connectivity index (χ3v) is 4.83. The minimum atomic E-state index is 0.335. The predicted octanol–water partition coefficient (Wildman–Crippen LogP) is 3.97. The van der Waals surface area contributed by atoms with Crippen molar-refractivity contribution in [1.29, 1.82) is 0 Å². The van der Waals surface area contributed by atoms with Gasteiger partial charge in [0.15, 0.2) is 0 Å². The van der Waals surface area contributed by atoms with Crippen LogP contribution < -0.4 is 0 Å². The highest BCUT2D eigenvalue weighted by atomic mass is 32.2. The van der Waals surface area contributed by atoms with Crippen molar-refractivity contribution in [2.45, 2.75) is 49.0 Å². The molecule has 0 aliphatic heterocycles. The summed E-state index contributed by atoms with van der Waals surface area (Å²) in [5.74, 6) is 3.38. The normalized spacial score (nSPS) is 15.5. The first-order valence-electron chi connectivity index (χ1n) is 8.10. The molecule has 7 heteroatoms. The molecule has 1 aliphatic carbocycles. The number of rotatable bonds is 7. The van der Waals surface area contributed by atoms with Gasteiger partial charge in [0.05, 0.1) is 5.75 Å². The average Bonchev–Trinajstić information content (AvgIpc) is 3.19. The molecule has 2 heterocycles. The Morgan fingerprint density at radius 2 is 1.83 bits per heavy atom. The Morgan fingerprint density at radius 3 is 2.62 bits per heavy atom. The van der Waals surface area contributed by atoms with Gasteiger partial charge < -0.3 is 8.83 Å². The number of thioether (sulfide) groups is 1. The zero-order valence-corrected chi connectivity index (χ0v) is 14.2. The Hall–Kier alpha value is -2.15. The molecular weight excluding hydrogens is 324 g/mol. The van der Waals surface area contributed by atoms with Gasteiger partial charge in [0.25, 0.3) is 5.22 Å². The van der Waals surface area contributed by atoms with Crippen LogP contribution in [0.3, 0.4) is 0 Å². The van der Waals surface area contributed by atoms with Crippen LogP contribution in [0.2, 0.25) is 0 Å². The van der Waals surface area contributed by atoms with Crippen LogP contribution in [0.25, 0.3) is 0 Å². The summed E-state index contributed by atoms with van der Waals surface area (Å²) in [6.07, 6.45) is 3.03. The molecular formula is C17H18N4O2S. The van der Waals surface area contributed by atoms with Crippen LogP contribution in [0.15, 0.2) is 44.4 Å². The molecule has 0 saturated heterocycles. The quantitative estimate of drug-likeness (QED) is 0.601. The van der Waals surface area contributed by atoms with E-state index in [1.807, 2.05) is 18.2 Å².